The van der Waals surface area contributed by atoms with Crippen LogP contribution >= 0.6 is 11.3 Å². The number of halogens is 1. The number of piperidine rings is 1. The maximum atomic E-state index is 15.0. The van der Waals surface area contributed by atoms with Crippen molar-refractivity contribution in [3.8, 4) is 10.6 Å². The minimum atomic E-state index is -0.840. The van der Waals surface area contributed by atoms with Crippen molar-refractivity contribution in [3.63, 3.8) is 0 Å². The first-order valence-corrected chi connectivity index (χ1v) is 11.2. The zero-order chi connectivity index (χ0) is 23.8. The van der Waals surface area contributed by atoms with Crippen LogP contribution in [0.25, 0.3) is 10.6 Å². The molecular formula is C21H25FN8O2S. The highest BCUT2D eigenvalue weighted by molar-refractivity contribution is 7.13. The number of amides is 2. The van der Waals surface area contributed by atoms with Crippen molar-refractivity contribution in [2.45, 2.75) is 18.4 Å². The lowest BCUT2D eigenvalue weighted by Crippen LogP contribution is -2.59. The van der Waals surface area contributed by atoms with E-state index in [1.807, 2.05) is 0 Å². The molecule has 1 fully saturated rings. The molecule has 0 aliphatic carbocycles. The molecular weight excluding hydrogens is 447 g/mol. The number of nitrogens with two attached hydrogens (primary N) is 2. The summed E-state index contributed by atoms with van der Waals surface area (Å²) in [6.45, 7) is 0.741. The molecule has 12 heteroatoms. The Balaban J connectivity index is 1.57. The third-order valence-corrected chi connectivity index (χ3v) is 6.80. The first kappa shape index (κ1) is 22.7. The smallest absolute Gasteiger partial charge is 0.275 e. The van der Waals surface area contributed by atoms with Gasteiger partial charge in [0.1, 0.15) is 16.2 Å². The number of aromatic nitrogens is 3. The van der Waals surface area contributed by atoms with Crippen LogP contribution < -0.4 is 27.0 Å². The van der Waals surface area contributed by atoms with Crippen LogP contribution in [0.3, 0.4) is 0 Å². The van der Waals surface area contributed by atoms with E-state index in [0.29, 0.717) is 30.9 Å². The number of aryl methyl sites for hydroxylation is 1. The number of nitrogens with zero attached hydrogens (tertiary/aromatic N) is 4. The van der Waals surface area contributed by atoms with Crippen LogP contribution in [-0.4, -0.2) is 52.3 Å². The summed E-state index contributed by atoms with van der Waals surface area (Å²) in [5, 5.41) is 12.1. The molecule has 0 spiro atoms. The zero-order valence-electron chi connectivity index (χ0n) is 18.3. The summed E-state index contributed by atoms with van der Waals surface area (Å²) in [5.41, 5.74) is 12.2. The average molecular weight is 473 g/mol. The van der Waals surface area contributed by atoms with Gasteiger partial charge in [-0.25, -0.2) is 9.37 Å². The molecule has 0 unspecified atom stereocenters. The van der Waals surface area contributed by atoms with Gasteiger partial charge in [0.2, 0.25) is 5.91 Å². The van der Waals surface area contributed by atoms with Crippen molar-refractivity contribution in [2.24, 2.45) is 12.8 Å². The predicted molar refractivity (Wildman–Crippen MR) is 126 cm³/mol. The standard InChI is InChI=1S/C21H25FN8O2S/c1-25-21(20(24)32)3-5-30(6-4-21)17-14(22)7-13(23)8-15(17)27-18(31)16-11-33-19(28-16)12-9-26-29(2)10-12/h7-11,25H,3-6,23H2,1-2H3,(H2,24,32)(H,27,31). The van der Waals surface area contributed by atoms with E-state index in [1.165, 1.54) is 23.5 Å². The quantitative estimate of drug-likeness (QED) is 0.399. The topological polar surface area (TPSA) is 144 Å². The number of hydrogen-bond donors (Lipinski definition) is 4. The highest BCUT2D eigenvalue weighted by Crippen LogP contribution is 2.36. The minimum absolute atomic E-state index is 0.180. The van der Waals surface area contributed by atoms with Crippen LogP contribution in [0.15, 0.2) is 29.9 Å². The van der Waals surface area contributed by atoms with Crippen molar-refractivity contribution in [3.05, 3.63) is 41.4 Å². The molecule has 10 nitrogen and oxygen atoms in total. The number of carbonyl (C=O) groups excluding carboxylic acids is 2. The van der Waals surface area contributed by atoms with Gasteiger partial charge in [-0.15, -0.1) is 11.3 Å². The van der Waals surface area contributed by atoms with Crippen molar-refractivity contribution in [1.82, 2.24) is 20.1 Å². The van der Waals surface area contributed by atoms with E-state index in [9.17, 15) is 9.59 Å². The van der Waals surface area contributed by atoms with Gasteiger partial charge in [-0.1, -0.05) is 0 Å². The van der Waals surface area contributed by atoms with E-state index < -0.39 is 23.2 Å². The number of nitrogens with one attached hydrogen (secondary N) is 2. The molecule has 0 radical (unpaired) electrons. The van der Waals surface area contributed by atoms with Gasteiger partial charge < -0.3 is 27.0 Å². The number of anilines is 3. The van der Waals surface area contributed by atoms with Crippen LogP contribution in [0.4, 0.5) is 21.5 Å². The van der Waals surface area contributed by atoms with Gasteiger partial charge in [-0.3, -0.25) is 14.3 Å². The molecule has 2 aromatic heterocycles. The number of thiazole rings is 1. The van der Waals surface area contributed by atoms with Gasteiger partial charge in [-0.2, -0.15) is 5.10 Å². The Hall–Kier alpha value is -3.51. The Morgan fingerprint density at radius 2 is 2.00 bits per heavy atom. The largest absolute Gasteiger partial charge is 0.399 e. The van der Waals surface area contributed by atoms with Gasteiger partial charge in [0.25, 0.3) is 5.91 Å². The maximum Gasteiger partial charge on any atom is 0.275 e. The van der Waals surface area contributed by atoms with Crippen LogP contribution in [-0.2, 0) is 11.8 Å². The number of carbonyl (C=O) groups is 2. The fourth-order valence-corrected chi connectivity index (χ4v) is 4.77. The molecule has 0 bridgehead atoms. The Labute approximate surface area is 193 Å². The molecule has 174 valence electrons. The van der Waals surface area contributed by atoms with Crippen LogP contribution in [0, 0.1) is 5.82 Å². The molecule has 0 saturated carbocycles. The molecule has 1 aromatic carbocycles. The number of nitrogen functional groups attached to an aromatic ring is 1. The first-order chi connectivity index (χ1) is 15.7. The monoisotopic (exact) mass is 472 g/mol. The molecule has 1 aliphatic rings. The summed E-state index contributed by atoms with van der Waals surface area (Å²) in [6.07, 6.45) is 4.27. The van der Waals surface area contributed by atoms with Crippen LogP contribution in [0.2, 0.25) is 0 Å². The minimum Gasteiger partial charge on any atom is -0.399 e. The molecule has 33 heavy (non-hydrogen) atoms. The average Bonchev–Trinajstić information content (AvgIpc) is 3.43. The van der Waals surface area contributed by atoms with Crippen molar-refractivity contribution >= 4 is 40.2 Å². The summed E-state index contributed by atoms with van der Waals surface area (Å²) in [7, 11) is 3.48. The molecule has 0 atom stereocenters. The van der Waals surface area contributed by atoms with Gasteiger partial charge in [0, 0.05) is 43.0 Å². The fraction of sp³-hybridized carbons (Fsp3) is 0.333. The molecule has 6 N–H and O–H groups in total. The Morgan fingerprint density at radius 1 is 1.27 bits per heavy atom. The maximum absolute atomic E-state index is 15.0. The molecule has 2 amide bonds. The summed E-state index contributed by atoms with van der Waals surface area (Å²) >= 11 is 1.31. The number of likely N-dealkylation sites (N-methyl/N-ethyl adjacent to an activating group) is 1. The Morgan fingerprint density at radius 3 is 2.61 bits per heavy atom. The summed E-state index contributed by atoms with van der Waals surface area (Å²) < 4.78 is 16.7. The van der Waals surface area contributed by atoms with Crippen molar-refractivity contribution in [1.29, 1.82) is 0 Å². The summed E-state index contributed by atoms with van der Waals surface area (Å²) in [4.78, 5) is 31.0. The van der Waals surface area contributed by atoms with Crippen molar-refractivity contribution < 1.29 is 14.0 Å². The lowest BCUT2D eigenvalue weighted by molar-refractivity contribution is -0.125. The summed E-state index contributed by atoms with van der Waals surface area (Å²) in [5.74, 6) is -1.48. The number of rotatable bonds is 6. The van der Waals surface area contributed by atoms with E-state index in [4.69, 9.17) is 11.5 Å². The lowest BCUT2D eigenvalue weighted by Gasteiger charge is -2.41. The highest BCUT2D eigenvalue weighted by atomic mass is 32.1. The van der Waals surface area contributed by atoms with Gasteiger partial charge in [0.15, 0.2) is 5.82 Å². The van der Waals surface area contributed by atoms with E-state index >= 15 is 4.39 Å². The predicted octanol–water partition coefficient (Wildman–Crippen LogP) is 1.56. The van der Waals surface area contributed by atoms with E-state index in [-0.39, 0.29) is 22.8 Å². The van der Waals surface area contributed by atoms with Gasteiger partial charge >= 0.3 is 0 Å². The Bertz CT molecular complexity index is 1200. The van der Waals surface area contributed by atoms with Gasteiger partial charge in [-0.05, 0) is 32.0 Å². The first-order valence-electron chi connectivity index (χ1n) is 10.3. The molecule has 3 heterocycles. The number of benzene rings is 1. The normalized spacial score (nSPS) is 15.4. The van der Waals surface area contributed by atoms with Crippen molar-refractivity contribution in [2.75, 3.05) is 36.1 Å². The SMILES string of the molecule is CNC1(C(N)=O)CCN(c2c(F)cc(N)cc2NC(=O)c2csc(-c3cnn(C)c3)n2)CC1. The molecule has 1 aliphatic heterocycles. The number of primary amides is 1. The van der Waals surface area contributed by atoms with E-state index in [1.54, 1.807) is 41.5 Å². The highest BCUT2D eigenvalue weighted by Gasteiger charge is 2.39. The van der Waals surface area contributed by atoms with Gasteiger partial charge in [0.05, 0.1) is 17.6 Å². The molecule has 3 aromatic rings. The Kier molecular flexibility index (Phi) is 6.04. The lowest BCUT2D eigenvalue weighted by atomic mass is 9.86. The van der Waals surface area contributed by atoms with Crippen LogP contribution in [0.1, 0.15) is 23.3 Å². The molecule has 1 saturated heterocycles. The fourth-order valence-electron chi connectivity index (χ4n) is 4.00. The second-order valence-corrected chi connectivity index (χ2v) is 8.84. The zero-order valence-corrected chi connectivity index (χ0v) is 19.1. The second kappa shape index (κ2) is 8.79. The third kappa shape index (κ3) is 4.39. The van der Waals surface area contributed by atoms with E-state index in [2.05, 4.69) is 20.7 Å². The second-order valence-electron chi connectivity index (χ2n) is 7.98. The number of hydrogen-bond acceptors (Lipinski definition) is 8. The van der Waals surface area contributed by atoms with E-state index in [0.717, 1.165) is 5.56 Å². The summed E-state index contributed by atoms with van der Waals surface area (Å²) in [6, 6.07) is 2.72. The molecule has 4 rings (SSSR count). The third-order valence-electron chi connectivity index (χ3n) is 5.91. The van der Waals surface area contributed by atoms with Crippen LogP contribution in [0.5, 0.6) is 0 Å².